The number of carbonyl (C=O) groups is 2. The maximum atomic E-state index is 13.3. The zero-order valence-corrected chi connectivity index (χ0v) is 19.5. The summed E-state index contributed by atoms with van der Waals surface area (Å²) in [5.41, 5.74) is 2.44. The normalized spacial score (nSPS) is 15.8. The zero-order chi connectivity index (χ0) is 23.2. The second-order valence-corrected chi connectivity index (χ2v) is 9.06. The largest absolute Gasteiger partial charge is 0.495 e. The molecule has 0 bridgehead atoms. The van der Waals surface area contributed by atoms with E-state index in [1.807, 2.05) is 24.3 Å². The molecule has 1 atom stereocenters. The summed E-state index contributed by atoms with van der Waals surface area (Å²) < 4.78 is 7.07. The lowest BCUT2D eigenvalue weighted by Crippen LogP contribution is -2.51. The number of carbonyl (C=O) groups excluding carboxylic acids is 1. The van der Waals surface area contributed by atoms with Gasteiger partial charge in [0.05, 0.1) is 29.1 Å². The topological polar surface area (TPSA) is 80.6 Å². The van der Waals surface area contributed by atoms with Gasteiger partial charge < -0.3 is 19.7 Å². The van der Waals surface area contributed by atoms with Crippen LogP contribution in [-0.4, -0.2) is 28.7 Å². The number of halogens is 2. The molecular formula is C24H24Cl2N2O4. The highest BCUT2D eigenvalue weighted by Crippen LogP contribution is 2.43. The van der Waals surface area contributed by atoms with E-state index in [0.717, 1.165) is 35.9 Å². The molecule has 6 nitrogen and oxygen atoms in total. The molecule has 1 aliphatic rings. The molecule has 3 aromatic rings. The molecule has 1 saturated carbocycles. The highest BCUT2D eigenvalue weighted by atomic mass is 35.5. The van der Waals surface area contributed by atoms with Crippen molar-refractivity contribution in [3.05, 3.63) is 63.3 Å². The van der Waals surface area contributed by atoms with Crippen molar-refractivity contribution in [2.75, 3.05) is 7.11 Å². The van der Waals surface area contributed by atoms with E-state index in [4.69, 9.17) is 27.9 Å². The van der Waals surface area contributed by atoms with Gasteiger partial charge in [-0.05, 0) is 43.4 Å². The summed E-state index contributed by atoms with van der Waals surface area (Å²) >= 11 is 12.7. The Morgan fingerprint density at radius 3 is 2.34 bits per heavy atom. The Kier molecular flexibility index (Phi) is 5.86. The van der Waals surface area contributed by atoms with Gasteiger partial charge in [0.2, 0.25) is 0 Å². The van der Waals surface area contributed by atoms with E-state index in [2.05, 4.69) is 5.32 Å². The van der Waals surface area contributed by atoms with Gasteiger partial charge in [-0.3, -0.25) is 9.59 Å². The third-order valence-corrected chi connectivity index (χ3v) is 7.40. The van der Waals surface area contributed by atoms with Gasteiger partial charge in [0, 0.05) is 18.5 Å². The van der Waals surface area contributed by atoms with Crippen molar-refractivity contribution in [2.24, 2.45) is 7.05 Å². The highest BCUT2D eigenvalue weighted by molar-refractivity contribution is 6.46. The molecular weight excluding hydrogens is 451 g/mol. The molecule has 4 rings (SSSR count). The van der Waals surface area contributed by atoms with Crippen LogP contribution in [0.3, 0.4) is 0 Å². The van der Waals surface area contributed by atoms with Crippen LogP contribution >= 0.6 is 23.2 Å². The summed E-state index contributed by atoms with van der Waals surface area (Å²) in [6.07, 6.45) is 2.63. The molecule has 2 aromatic carbocycles. The van der Waals surface area contributed by atoms with E-state index in [1.165, 1.54) is 7.11 Å². The first-order chi connectivity index (χ1) is 15.2. The third-order valence-electron chi connectivity index (χ3n) is 6.54. The lowest BCUT2D eigenvalue weighted by Gasteiger charge is -2.43. The smallest absolute Gasteiger partial charge is 0.310 e. The van der Waals surface area contributed by atoms with Crippen LogP contribution in [0.25, 0.3) is 10.9 Å². The molecule has 1 amide bonds. The molecule has 8 heteroatoms. The third kappa shape index (κ3) is 3.61. The van der Waals surface area contributed by atoms with Gasteiger partial charge >= 0.3 is 5.97 Å². The van der Waals surface area contributed by atoms with E-state index >= 15 is 0 Å². The fourth-order valence-electron chi connectivity index (χ4n) is 4.28. The summed E-state index contributed by atoms with van der Waals surface area (Å²) in [7, 11) is 3.32. The van der Waals surface area contributed by atoms with E-state index in [-0.39, 0.29) is 5.91 Å². The predicted octanol–water partition coefficient (Wildman–Crippen LogP) is 5.49. The molecule has 1 fully saturated rings. The van der Waals surface area contributed by atoms with Gasteiger partial charge in [-0.25, -0.2) is 0 Å². The fourth-order valence-corrected chi connectivity index (χ4v) is 4.76. The predicted molar refractivity (Wildman–Crippen MR) is 125 cm³/mol. The number of carboxylic acids is 1. The minimum atomic E-state index is -0.865. The summed E-state index contributed by atoms with van der Waals surface area (Å²) in [5.74, 6) is -1.21. The summed E-state index contributed by atoms with van der Waals surface area (Å²) in [4.78, 5) is 24.6. The second kappa shape index (κ2) is 8.34. The van der Waals surface area contributed by atoms with Crippen LogP contribution in [0.15, 0.2) is 36.4 Å². The number of aromatic nitrogens is 1. The Hall–Kier alpha value is -2.70. The number of nitrogens with zero attached hydrogens (tertiary/aromatic N) is 1. The van der Waals surface area contributed by atoms with Crippen LogP contribution in [0.2, 0.25) is 10.0 Å². The molecule has 1 aromatic heterocycles. The average molecular weight is 475 g/mol. The first-order valence-electron chi connectivity index (χ1n) is 10.4. The number of benzene rings is 2. The van der Waals surface area contributed by atoms with Gasteiger partial charge in [0.1, 0.15) is 16.5 Å². The molecule has 0 saturated heterocycles. The monoisotopic (exact) mass is 474 g/mol. The molecule has 0 radical (unpaired) electrons. The number of amides is 1. The van der Waals surface area contributed by atoms with Gasteiger partial charge in [-0.15, -0.1) is 0 Å². The summed E-state index contributed by atoms with van der Waals surface area (Å²) in [6.45, 7) is 1.66. The Morgan fingerprint density at radius 1 is 1.16 bits per heavy atom. The van der Waals surface area contributed by atoms with Gasteiger partial charge in [0.25, 0.3) is 5.91 Å². The Morgan fingerprint density at radius 2 is 1.81 bits per heavy atom. The van der Waals surface area contributed by atoms with Crippen LogP contribution in [0.4, 0.5) is 0 Å². The van der Waals surface area contributed by atoms with Crippen molar-refractivity contribution in [3.63, 3.8) is 0 Å². The quantitative estimate of drug-likeness (QED) is 0.494. The first kappa shape index (κ1) is 22.5. The molecule has 1 unspecified atom stereocenters. The average Bonchev–Trinajstić information content (AvgIpc) is 3.09. The first-order valence-corrected chi connectivity index (χ1v) is 11.1. The van der Waals surface area contributed by atoms with E-state index in [9.17, 15) is 14.7 Å². The zero-order valence-electron chi connectivity index (χ0n) is 18.0. The van der Waals surface area contributed by atoms with Crippen LogP contribution in [0.1, 0.15) is 53.7 Å². The number of rotatable bonds is 6. The van der Waals surface area contributed by atoms with Crippen molar-refractivity contribution in [1.82, 2.24) is 9.88 Å². The summed E-state index contributed by atoms with van der Waals surface area (Å²) in [5, 5.41) is 13.8. The molecule has 1 aliphatic carbocycles. The molecule has 2 N–H and O–H groups in total. The number of hydrogen-bond donors (Lipinski definition) is 2. The van der Waals surface area contributed by atoms with Crippen LogP contribution in [-0.2, 0) is 17.4 Å². The van der Waals surface area contributed by atoms with Crippen LogP contribution in [0.5, 0.6) is 5.75 Å². The maximum Gasteiger partial charge on any atom is 0.310 e. The van der Waals surface area contributed by atoms with E-state index in [1.54, 1.807) is 30.7 Å². The lowest BCUT2D eigenvalue weighted by molar-refractivity contribution is -0.138. The van der Waals surface area contributed by atoms with E-state index in [0.29, 0.717) is 26.9 Å². The lowest BCUT2D eigenvalue weighted by atomic mass is 9.71. The van der Waals surface area contributed by atoms with Crippen molar-refractivity contribution in [3.8, 4) is 5.75 Å². The Labute approximate surface area is 196 Å². The Balaban J connectivity index is 1.65. The van der Waals surface area contributed by atoms with Crippen molar-refractivity contribution in [1.29, 1.82) is 0 Å². The number of nitrogens with one attached hydrogen (secondary N) is 1. The highest BCUT2D eigenvalue weighted by Gasteiger charge is 2.40. The van der Waals surface area contributed by atoms with Crippen molar-refractivity contribution < 1.29 is 19.4 Å². The maximum absolute atomic E-state index is 13.3. The van der Waals surface area contributed by atoms with Crippen LogP contribution < -0.4 is 10.1 Å². The minimum Gasteiger partial charge on any atom is -0.495 e. The minimum absolute atomic E-state index is 0.211. The van der Waals surface area contributed by atoms with Gasteiger partial charge in [0.15, 0.2) is 0 Å². The van der Waals surface area contributed by atoms with E-state index < -0.39 is 17.4 Å². The SMILES string of the molecule is COc1cc2c(cc(C(=O)NC3(c4ccc(C(C)C(=O)O)cc4)CCC3)n2C)c(Cl)c1Cl. The molecule has 0 spiro atoms. The number of ether oxygens (including phenoxy) is 1. The van der Waals surface area contributed by atoms with Gasteiger partial charge in [-0.1, -0.05) is 47.5 Å². The van der Waals surface area contributed by atoms with Gasteiger partial charge in [-0.2, -0.15) is 0 Å². The number of methoxy groups -OCH3 is 1. The molecule has 0 aliphatic heterocycles. The molecule has 168 valence electrons. The molecule has 1 heterocycles. The number of carboxylic acid groups (broad SMARTS) is 1. The van der Waals surface area contributed by atoms with Crippen molar-refractivity contribution in [2.45, 2.75) is 37.6 Å². The van der Waals surface area contributed by atoms with Crippen LogP contribution in [0, 0.1) is 0 Å². The summed E-state index contributed by atoms with van der Waals surface area (Å²) in [6, 6.07) is 11.0. The number of aryl methyl sites for hydroxylation is 1. The number of aliphatic carboxylic acids is 1. The standard InChI is InChI=1S/C24H24Cl2N2O4/c1-13(23(30)31)14-5-7-15(8-6-14)24(9-4-10-24)27-22(29)18-11-16-17(28(18)2)12-19(32-3)21(26)20(16)25/h5-8,11-13H,4,9-10H2,1-3H3,(H,27,29)(H,30,31). The Bertz CT molecular complexity index is 1210. The van der Waals surface area contributed by atoms with Crippen molar-refractivity contribution >= 4 is 46.0 Å². The molecule has 32 heavy (non-hydrogen) atoms. The second-order valence-electron chi connectivity index (χ2n) is 8.30. The fraction of sp³-hybridized carbons (Fsp3) is 0.333. The number of fused-ring (bicyclic) bond motifs is 1. The number of hydrogen-bond acceptors (Lipinski definition) is 3.